The fraction of sp³-hybridized carbons (Fsp3) is 0.571. The van der Waals surface area contributed by atoms with Crippen molar-refractivity contribution in [3.8, 4) is 0 Å². The number of aliphatic hydroxyl groups is 1. The van der Waals surface area contributed by atoms with Gasteiger partial charge in [0.2, 0.25) is 0 Å². The van der Waals surface area contributed by atoms with Gasteiger partial charge in [0.25, 0.3) is 0 Å². The van der Waals surface area contributed by atoms with Crippen molar-refractivity contribution >= 4 is 5.97 Å². The van der Waals surface area contributed by atoms with Crippen LogP contribution < -0.4 is 0 Å². The molecule has 5 nitrogen and oxygen atoms in total. The second-order valence-corrected chi connectivity index (χ2v) is 12.2. The molecule has 0 amide bonds. The normalized spacial score (nSPS) is 30.4. The Morgan fingerprint density at radius 1 is 1.07 bits per heavy atom. The fourth-order valence-electron chi connectivity index (χ4n) is 5.52. The number of allylic oxidation sites excluding steroid dienone is 8. The molecule has 5 heteroatoms. The highest BCUT2D eigenvalue weighted by Crippen LogP contribution is 2.30. The van der Waals surface area contributed by atoms with Crippen LogP contribution in [0.5, 0.6) is 0 Å². The molecule has 2 aliphatic rings. The molecule has 0 aliphatic carbocycles. The standard InChI is InChI=1S/C35H52O5/c1-21(2)33-24(5)15-16-30(39-33)25(6)20-28(9)34-31(38-11)14-12-13-22(3)17-26(7)32(36)27(8)18-23(4)19-29(10)35(37)40-34/h12-16,18-21,25-27,31-34,36H,17H2,1-11H3. The van der Waals surface area contributed by atoms with Gasteiger partial charge in [0.05, 0.1) is 6.10 Å². The second kappa shape index (κ2) is 15.4. The molecule has 0 spiro atoms. The van der Waals surface area contributed by atoms with Crippen molar-refractivity contribution in [3.63, 3.8) is 0 Å². The minimum absolute atomic E-state index is 0.00972. The van der Waals surface area contributed by atoms with Crippen LogP contribution in [0, 0.1) is 23.7 Å². The molecule has 0 saturated carbocycles. The van der Waals surface area contributed by atoms with Crippen molar-refractivity contribution in [2.45, 2.75) is 100 Å². The Hall–Kier alpha value is -2.63. The number of ether oxygens (including phenoxy) is 3. The third kappa shape index (κ3) is 9.49. The summed E-state index contributed by atoms with van der Waals surface area (Å²) in [6.45, 7) is 20.4. The lowest BCUT2D eigenvalue weighted by Gasteiger charge is -2.30. The van der Waals surface area contributed by atoms with Crippen molar-refractivity contribution in [2.75, 3.05) is 7.11 Å². The maximum absolute atomic E-state index is 13.3. The summed E-state index contributed by atoms with van der Waals surface area (Å²) in [6.07, 6.45) is 15.3. The van der Waals surface area contributed by atoms with Crippen LogP contribution in [0.4, 0.5) is 0 Å². The number of carbonyl (C=O) groups excluding carboxylic acids is 1. The van der Waals surface area contributed by atoms with Crippen LogP contribution in [-0.4, -0.2) is 42.6 Å². The second-order valence-electron chi connectivity index (χ2n) is 12.2. The summed E-state index contributed by atoms with van der Waals surface area (Å²) < 4.78 is 18.3. The van der Waals surface area contributed by atoms with Crippen LogP contribution in [0.25, 0.3) is 0 Å². The SMILES string of the molecule is COC1C=CC=C(C)CC(C)C(O)C(C)C=C(C)C=C(C)C(=O)OC1C(C)=CC(C)C1=CC=C(C)C(C(C)C)O1. The summed E-state index contributed by atoms with van der Waals surface area (Å²) in [5.74, 6) is 0.897. The Kier molecular flexibility index (Phi) is 12.9. The highest BCUT2D eigenvalue weighted by atomic mass is 16.6. The molecule has 2 rings (SSSR count). The van der Waals surface area contributed by atoms with Crippen LogP contribution in [0.1, 0.15) is 75.7 Å². The Morgan fingerprint density at radius 3 is 2.38 bits per heavy atom. The first-order chi connectivity index (χ1) is 18.7. The number of cyclic esters (lactones) is 1. The molecule has 0 aromatic heterocycles. The van der Waals surface area contributed by atoms with Crippen molar-refractivity contribution < 1.29 is 24.1 Å². The number of hydrogen-bond acceptors (Lipinski definition) is 5. The molecule has 7 unspecified atom stereocenters. The molecule has 222 valence electrons. The summed E-state index contributed by atoms with van der Waals surface area (Å²) in [5, 5.41) is 10.9. The van der Waals surface area contributed by atoms with Crippen LogP contribution >= 0.6 is 0 Å². The van der Waals surface area contributed by atoms with Crippen LogP contribution in [0.2, 0.25) is 0 Å². The van der Waals surface area contributed by atoms with E-state index < -0.39 is 24.3 Å². The molecule has 1 N–H and O–H groups in total. The first-order valence-electron chi connectivity index (χ1n) is 14.6. The minimum Gasteiger partial charge on any atom is -0.490 e. The van der Waals surface area contributed by atoms with Crippen LogP contribution in [-0.2, 0) is 19.0 Å². The predicted octanol–water partition coefficient (Wildman–Crippen LogP) is 7.81. The number of hydrogen-bond donors (Lipinski definition) is 1. The number of aliphatic hydroxyl groups excluding tert-OH is 1. The monoisotopic (exact) mass is 552 g/mol. The third-order valence-corrected chi connectivity index (χ3v) is 7.78. The molecule has 0 bridgehead atoms. The van der Waals surface area contributed by atoms with Gasteiger partial charge in [0.15, 0.2) is 6.10 Å². The van der Waals surface area contributed by atoms with Crippen molar-refractivity contribution in [3.05, 3.63) is 82.2 Å². The zero-order valence-electron chi connectivity index (χ0n) is 26.5. The highest BCUT2D eigenvalue weighted by molar-refractivity contribution is 5.88. The van der Waals surface area contributed by atoms with Gasteiger partial charge in [-0.1, -0.05) is 82.2 Å². The molecule has 7 atom stereocenters. The molecule has 0 aromatic carbocycles. The molecule has 0 radical (unpaired) electrons. The minimum atomic E-state index is -0.618. The average molecular weight is 553 g/mol. The number of rotatable bonds is 5. The van der Waals surface area contributed by atoms with E-state index in [1.807, 2.05) is 57.2 Å². The van der Waals surface area contributed by atoms with E-state index in [2.05, 4.69) is 53.7 Å². The average Bonchev–Trinajstić information content (AvgIpc) is 2.88. The largest absolute Gasteiger partial charge is 0.490 e. The summed E-state index contributed by atoms with van der Waals surface area (Å²) in [5.41, 5.74) is 4.68. The van der Waals surface area contributed by atoms with Gasteiger partial charge in [-0.2, -0.15) is 0 Å². The molecule has 0 saturated heterocycles. The summed E-state index contributed by atoms with van der Waals surface area (Å²) in [7, 11) is 1.63. The summed E-state index contributed by atoms with van der Waals surface area (Å²) >= 11 is 0. The lowest BCUT2D eigenvalue weighted by Crippen LogP contribution is -2.33. The van der Waals surface area contributed by atoms with E-state index in [0.717, 1.165) is 28.9 Å². The topological polar surface area (TPSA) is 65.0 Å². The molecule has 40 heavy (non-hydrogen) atoms. The predicted molar refractivity (Wildman–Crippen MR) is 165 cm³/mol. The molecule has 2 aliphatic heterocycles. The fourth-order valence-corrected chi connectivity index (χ4v) is 5.52. The van der Waals surface area contributed by atoms with E-state index in [0.29, 0.717) is 11.5 Å². The Balaban J connectivity index is 2.48. The van der Waals surface area contributed by atoms with E-state index in [4.69, 9.17) is 14.2 Å². The van der Waals surface area contributed by atoms with Crippen molar-refractivity contribution in [1.82, 2.24) is 0 Å². The molecular weight excluding hydrogens is 500 g/mol. The first-order valence-corrected chi connectivity index (χ1v) is 14.6. The van der Waals surface area contributed by atoms with Crippen molar-refractivity contribution in [1.29, 1.82) is 0 Å². The number of esters is 1. The van der Waals surface area contributed by atoms with E-state index in [1.165, 1.54) is 5.57 Å². The maximum Gasteiger partial charge on any atom is 0.334 e. The van der Waals surface area contributed by atoms with Crippen LogP contribution in [0.15, 0.2) is 82.2 Å². The zero-order valence-corrected chi connectivity index (χ0v) is 26.5. The van der Waals surface area contributed by atoms with Gasteiger partial charge in [-0.15, -0.1) is 0 Å². The smallest absolute Gasteiger partial charge is 0.334 e. The van der Waals surface area contributed by atoms with Crippen LogP contribution in [0.3, 0.4) is 0 Å². The highest BCUT2D eigenvalue weighted by Gasteiger charge is 2.28. The quantitative estimate of drug-likeness (QED) is 0.278. The van der Waals surface area contributed by atoms with Gasteiger partial charge in [0.1, 0.15) is 18.0 Å². The van der Waals surface area contributed by atoms with Gasteiger partial charge < -0.3 is 19.3 Å². The van der Waals surface area contributed by atoms with E-state index in [-0.39, 0.29) is 23.9 Å². The molecule has 0 fully saturated rings. The summed E-state index contributed by atoms with van der Waals surface area (Å²) in [6, 6.07) is 0. The number of carbonyl (C=O) groups is 1. The van der Waals surface area contributed by atoms with Gasteiger partial charge in [0, 0.05) is 24.5 Å². The van der Waals surface area contributed by atoms with E-state index >= 15 is 0 Å². The van der Waals surface area contributed by atoms with E-state index in [1.54, 1.807) is 14.0 Å². The van der Waals surface area contributed by atoms with Gasteiger partial charge in [-0.25, -0.2) is 4.79 Å². The van der Waals surface area contributed by atoms with Crippen molar-refractivity contribution in [2.24, 2.45) is 23.7 Å². The van der Waals surface area contributed by atoms with Gasteiger partial charge >= 0.3 is 5.97 Å². The number of methoxy groups -OCH3 is 1. The first kappa shape index (κ1) is 33.6. The Morgan fingerprint density at radius 2 is 1.75 bits per heavy atom. The third-order valence-electron chi connectivity index (χ3n) is 7.78. The van der Waals surface area contributed by atoms with Gasteiger partial charge in [-0.3, -0.25) is 0 Å². The Labute approximate surface area is 243 Å². The Bertz CT molecular complexity index is 1100. The molecule has 2 heterocycles. The summed E-state index contributed by atoms with van der Waals surface area (Å²) in [4.78, 5) is 13.3. The molecular formula is C35H52O5. The van der Waals surface area contributed by atoms with E-state index in [9.17, 15) is 9.90 Å². The lowest BCUT2D eigenvalue weighted by atomic mass is 9.87. The lowest BCUT2D eigenvalue weighted by molar-refractivity contribution is -0.146. The maximum atomic E-state index is 13.3. The van der Waals surface area contributed by atoms with Gasteiger partial charge in [-0.05, 0) is 76.2 Å². The zero-order chi connectivity index (χ0) is 30.1. The molecule has 0 aromatic rings.